The number of ether oxygens (including phenoxy) is 1. The van der Waals surface area contributed by atoms with Gasteiger partial charge in [0.2, 0.25) is 0 Å². The molecule has 0 spiro atoms. The number of H-pyrrole nitrogens is 1. The summed E-state index contributed by atoms with van der Waals surface area (Å²) in [4.78, 5) is 11.5. The lowest BCUT2D eigenvalue weighted by atomic mass is 10.0. The monoisotopic (exact) mass is 411 g/mol. The molecule has 154 valence electrons. The Morgan fingerprint density at radius 3 is 2.70 bits per heavy atom. The summed E-state index contributed by atoms with van der Waals surface area (Å²) in [6.07, 6.45) is 4.98. The van der Waals surface area contributed by atoms with Gasteiger partial charge in [-0.05, 0) is 31.0 Å². The molecule has 1 aliphatic rings. The van der Waals surface area contributed by atoms with E-state index in [4.69, 9.17) is 4.98 Å². The smallest absolute Gasteiger partial charge is 0.387 e. The van der Waals surface area contributed by atoms with Gasteiger partial charge in [-0.15, -0.1) is 0 Å². The van der Waals surface area contributed by atoms with Crippen molar-refractivity contribution in [1.82, 2.24) is 29.8 Å². The van der Waals surface area contributed by atoms with E-state index in [0.29, 0.717) is 6.42 Å². The van der Waals surface area contributed by atoms with Crippen molar-refractivity contribution < 1.29 is 13.5 Å². The lowest BCUT2D eigenvalue weighted by molar-refractivity contribution is -0.0498. The highest BCUT2D eigenvalue weighted by atomic mass is 19.3. The zero-order chi connectivity index (χ0) is 20.7. The summed E-state index contributed by atoms with van der Waals surface area (Å²) in [6, 6.07) is 6.58. The van der Waals surface area contributed by atoms with E-state index < -0.39 is 6.61 Å². The Morgan fingerprint density at radius 1 is 1.20 bits per heavy atom. The van der Waals surface area contributed by atoms with Crippen LogP contribution >= 0.6 is 0 Å². The van der Waals surface area contributed by atoms with Crippen LogP contribution in [0, 0.1) is 6.92 Å². The van der Waals surface area contributed by atoms with Gasteiger partial charge in [0.15, 0.2) is 5.82 Å². The van der Waals surface area contributed by atoms with Crippen molar-refractivity contribution in [1.29, 1.82) is 0 Å². The van der Waals surface area contributed by atoms with Crippen molar-refractivity contribution in [2.45, 2.75) is 26.4 Å². The van der Waals surface area contributed by atoms with Crippen LogP contribution in [0.1, 0.15) is 23.5 Å². The maximum absolute atomic E-state index is 12.4. The summed E-state index contributed by atoms with van der Waals surface area (Å²) in [6.45, 7) is 0.990. The molecule has 0 saturated carbocycles. The number of aromatic amines is 1. The second-order valence-electron chi connectivity index (χ2n) is 7.15. The second kappa shape index (κ2) is 7.36. The molecule has 1 N–H and O–H groups in total. The van der Waals surface area contributed by atoms with E-state index in [9.17, 15) is 8.78 Å². The number of benzene rings is 1. The Bertz CT molecular complexity index is 1180. The quantitative estimate of drug-likeness (QED) is 0.525. The van der Waals surface area contributed by atoms with Crippen molar-refractivity contribution in [2.75, 3.05) is 18.0 Å². The van der Waals surface area contributed by atoms with E-state index in [-0.39, 0.29) is 5.75 Å². The number of halogens is 2. The molecule has 1 saturated heterocycles. The third kappa shape index (κ3) is 3.23. The number of nitrogens with one attached hydrogen (secondary N) is 1. The molecule has 10 heteroatoms. The molecule has 0 aliphatic carbocycles. The molecular formula is C20H19F2N7O. The molecule has 0 bridgehead atoms. The first kappa shape index (κ1) is 18.5. The SMILES string of the molecule is Cc1nc(-c2cn[nH]c2Cc2ccc(OC(F)F)cc2)c2c(N3CCC3)ncnn12. The van der Waals surface area contributed by atoms with Gasteiger partial charge < -0.3 is 9.64 Å². The average molecular weight is 411 g/mol. The van der Waals surface area contributed by atoms with Crippen molar-refractivity contribution in [3.63, 3.8) is 0 Å². The number of hydrogen-bond acceptors (Lipinski definition) is 6. The molecule has 5 rings (SSSR count). The Morgan fingerprint density at radius 2 is 2.00 bits per heavy atom. The number of hydrogen-bond donors (Lipinski definition) is 1. The van der Waals surface area contributed by atoms with Crippen molar-refractivity contribution in [3.05, 3.63) is 53.9 Å². The third-order valence-corrected chi connectivity index (χ3v) is 5.23. The molecule has 0 amide bonds. The average Bonchev–Trinajstić information content (AvgIpc) is 3.26. The molecule has 3 aromatic heterocycles. The van der Waals surface area contributed by atoms with Crippen LogP contribution in [0.25, 0.3) is 16.8 Å². The van der Waals surface area contributed by atoms with Crippen LogP contribution in [-0.2, 0) is 6.42 Å². The Balaban J connectivity index is 1.51. The molecule has 4 heterocycles. The lowest BCUT2D eigenvalue weighted by Gasteiger charge is -2.32. The number of alkyl halides is 2. The van der Waals surface area contributed by atoms with Crippen LogP contribution in [0.2, 0.25) is 0 Å². The fraction of sp³-hybridized carbons (Fsp3) is 0.300. The molecule has 1 aromatic carbocycles. The van der Waals surface area contributed by atoms with Gasteiger partial charge >= 0.3 is 6.61 Å². The Kier molecular flexibility index (Phi) is 4.53. The second-order valence-corrected chi connectivity index (χ2v) is 7.15. The molecule has 1 fully saturated rings. The van der Waals surface area contributed by atoms with Crippen LogP contribution in [0.15, 0.2) is 36.8 Å². The Hall–Kier alpha value is -3.56. The standard InChI is InChI=1S/C20H19F2N7O/c1-12-26-17(18-19(28-7-2-8-28)23-11-25-29(12)18)15-10-24-27-16(15)9-13-3-5-14(6-4-13)30-20(21)22/h3-6,10-11,20H,2,7-9H2,1H3,(H,24,27). The van der Waals surface area contributed by atoms with Gasteiger partial charge in [-0.25, -0.2) is 14.5 Å². The molecule has 0 radical (unpaired) electrons. The van der Waals surface area contributed by atoms with Crippen molar-refractivity contribution in [2.24, 2.45) is 0 Å². The van der Waals surface area contributed by atoms with Gasteiger partial charge in [-0.2, -0.15) is 19.0 Å². The number of fused-ring (bicyclic) bond motifs is 1. The van der Waals surface area contributed by atoms with E-state index in [1.54, 1.807) is 24.7 Å². The molecule has 8 nitrogen and oxygen atoms in total. The molecule has 1 aliphatic heterocycles. The summed E-state index contributed by atoms with van der Waals surface area (Å²) in [5.41, 5.74) is 4.30. The van der Waals surface area contributed by atoms with E-state index in [1.807, 2.05) is 11.4 Å². The topological polar surface area (TPSA) is 84.2 Å². The molecule has 30 heavy (non-hydrogen) atoms. The molecular weight excluding hydrogens is 392 g/mol. The minimum atomic E-state index is -2.84. The predicted octanol–water partition coefficient (Wildman–Crippen LogP) is 3.23. The highest BCUT2D eigenvalue weighted by molar-refractivity contribution is 5.87. The van der Waals surface area contributed by atoms with Crippen LogP contribution in [-0.4, -0.2) is 49.5 Å². The predicted molar refractivity (Wildman–Crippen MR) is 106 cm³/mol. The van der Waals surface area contributed by atoms with Crippen molar-refractivity contribution in [3.8, 4) is 17.0 Å². The van der Waals surface area contributed by atoms with Crippen LogP contribution in [0.3, 0.4) is 0 Å². The van der Waals surface area contributed by atoms with E-state index in [0.717, 1.165) is 59.2 Å². The van der Waals surface area contributed by atoms with Crippen LogP contribution < -0.4 is 9.64 Å². The zero-order valence-electron chi connectivity index (χ0n) is 16.2. The first-order valence-electron chi connectivity index (χ1n) is 9.62. The minimum Gasteiger partial charge on any atom is -0.435 e. The number of rotatable bonds is 6. The normalized spacial score (nSPS) is 13.8. The summed E-state index contributed by atoms with van der Waals surface area (Å²) in [5, 5.41) is 11.6. The third-order valence-electron chi connectivity index (χ3n) is 5.23. The van der Waals surface area contributed by atoms with Gasteiger partial charge in [0.05, 0.1) is 6.20 Å². The van der Waals surface area contributed by atoms with E-state index >= 15 is 0 Å². The van der Waals surface area contributed by atoms with Crippen LogP contribution in [0.4, 0.5) is 14.6 Å². The van der Waals surface area contributed by atoms with E-state index in [2.05, 4.69) is 29.9 Å². The summed E-state index contributed by atoms with van der Waals surface area (Å²) >= 11 is 0. The fourth-order valence-electron chi connectivity index (χ4n) is 3.65. The number of aromatic nitrogens is 6. The summed E-state index contributed by atoms with van der Waals surface area (Å²) < 4.78 is 30.9. The summed E-state index contributed by atoms with van der Waals surface area (Å²) in [5.74, 6) is 1.77. The maximum Gasteiger partial charge on any atom is 0.387 e. The maximum atomic E-state index is 12.4. The number of imidazole rings is 1. The highest BCUT2D eigenvalue weighted by Crippen LogP contribution is 2.33. The van der Waals surface area contributed by atoms with Gasteiger partial charge in [-0.3, -0.25) is 5.10 Å². The molecule has 4 aromatic rings. The highest BCUT2D eigenvalue weighted by Gasteiger charge is 2.25. The molecule has 0 unspecified atom stereocenters. The number of nitrogens with zero attached hydrogens (tertiary/aromatic N) is 6. The van der Waals surface area contributed by atoms with Crippen molar-refractivity contribution >= 4 is 11.3 Å². The molecule has 0 atom stereocenters. The van der Waals surface area contributed by atoms with Crippen LogP contribution in [0.5, 0.6) is 5.75 Å². The number of anilines is 1. The zero-order valence-corrected chi connectivity index (χ0v) is 16.2. The van der Waals surface area contributed by atoms with Gasteiger partial charge in [0.25, 0.3) is 0 Å². The number of aryl methyl sites for hydroxylation is 1. The van der Waals surface area contributed by atoms with Gasteiger partial charge in [0, 0.05) is 30.8 Å². The van der Waals surface area contributed by atoms with Gasteiger partial charge in [0.1, 0.15) is 29.1 Å². The first-order valence-corrected chi connectivity index (χ1v) is 9.62. The first-order chi connectivity index (χ1) is 14.6. The Labute approximate surface area is 170 Å². The van der Waals surface area contributed by atoms with E-state index in [1.165, 1.54) is 12.1 Å². The lowest BCUT2D eigenvalue weighted by Crippen LogP contribution is -2.38. The van der Waals surface area contributed by atoms with Gasteiger partial charge in [-0.1, -0.05) is 12.1 Å². The fourth-order valence-corrected chi connectivity index (χ4v) is 3.65. The largest absolute Gasteiger partial charge is 0.435 e. The minimum absolute atomic E-state index is 0.130. The summed E-state index contributed by atoms with van der Waals surface area (Å²) in [7, 11) is 0.